The van der Waals surface area contributed by atoms with Crippen LogP contribution in [0.5, 0.6) is 0 Å². The molecular weight excluding hydrogens is 158 g/mol. The molecule has 1 nitrogen and oxygen atoms in total. The monoisotopic (exact) mass is 173 g/mol. The normalized spacial score (nSPS) is 15.0. The summed E-state index contributed by atoms with van der Waals surface area (Å²) in [5.41, 5.74) is 6.62. The van der Waals surface area contributed by atoms with Crippen molar-refractivity contribution in [3.63, 3.8) is 0 Å². The van der Waals surface area contributed by atoms with Gasteiger partial charge < -0.3 is 4.90 Å². The van der Waals surface area contributed by atoms with E-state index in [9.17, 15) is 0 Å². The Kier molecular flexibility index (Phi) is 1.69. The Morgan fingerprint density at radius 2 is 1.85 bits per heavy atom. The van der Waals surface area contributed by atoms with Crippen LogP contribution < -0.4 is 0 Å². The summed E-state index contributed by atoms with van der Waals surface area (Å²) in [7, 11) is 2.09. The van der Waals surface area contributed by atoms with Crippen molar-refractivity contribution < 1.29 is 0 Å². The third-order valence-electron chi connectivity index (χ3n) is 2.90. The second-order valence-corrected chi connectivity index (χ2v) is 3.90. The van der Waals surface area contributed by atoms with E-state index in [1.807, 2.05) is 0 Å². The molecule has 0 unspecified atom stereocenters. The average Bonchev–Trinajstić information content (AvgIpc) is 2.32. The molecule has 0 radical (unpaired) electrons. The SMILES string of the molecule is C=C1c2cc(C)c(C)cc2CN1C. The average molecular weight is 173 g/mol. The standard InChI is InChI=1S/C12H15N/c1-8-5-11-7-13(4)10(3)12(11)6-9(8)2/h5-6H,3,7H2,1-2,4H3. The molecule has 0 atom stereocenters. The van der Waals surface area contributed by atoms with E-state index in [1.165, 1.54) is 22.3 Å². The van der Waals surface area contributed by atoms with Gasteiger partial charge in [-0.25, -0.2) is 0 Å². The summed E-state index contributed by atoms with van der Waals surface area (Å²) in [5.74, 6) is 0. The molecule has 1 aromatic rings. The molecule has 0 saturated carbocycles. The molecule has 1 aromatic carbocycles. The van der Waals surface area contributed by atoms with Crippen molar-refractivity contribution in [2.24, 2.45) is 0 Å². The van der Waals surface area contributed by atoms with Gasteiger partial charge in [-0.15, -0.1) is 0 Å². The lowest BCUT2D eigenvalue weighted by Crippen LogP contribution is -2.05. The van der Waals surface area contributed by atoms with E-state index in [2.05, 4.69) is 44.5 Å². The first-order valence-corrected chi connectivity index (χ1v) is 4.60. The van der Waals surface area contributed by atoms with Gasteiger partial charge in [-0.2, -0.15) is 0 Å². The van der Waals surface area contributed by atoms with Crippen LogP contribution >= 0.6 is 0 Å². The fourth-order valence-electron chi connectivity index (χ4n) is 1.83. The quantitative estimate of drug-likeness (QED) is 0.583. The third-order valence-corrected chi connectivity index (χ3v) is 2.90. The number of hydrogen-bond acceptors (Lipinski definition) is 1. The number of benzene rings is 1. The highest BCUT2D eigenvalue weighted by Crippen LogP contribution is 2.31. The van der Waals surface area contributed by atoms with Crippen LogP contribution in [-0.4, -0.2) is 11.9 Å². The maximum Gasteiger partial charge on any atom is 0.0433 e. The minimum absolute atomic E-state index is 1.01. The minimum atomic E-state index is 1.01. The molecule has 1 aliphatic heterocycles. The lowest BCUT2D eigenvalue weighted by atomic mass is 10.0. The predicted molar refractivity (Wildman–Crippen MR) is 56.4 cm³/mol. The first-order chi connectivity index (χ1) is 6.09. The summed E-state index contributed by atoms with van der Waals surface area (Å²) >= 11 is 0. The van der Waals surface area contributed by atoms with Crippen LogP contribution in [0.4, 0.5) is 0 Å². The Hall–Kier alpha value is -1.24. The van der Waals surface area contributed by atoms with Crippen molar-refractivity contribution in [1.82, 2.24) is 4.90 Å². The summed E-state index contributed by atoms with van der Waals surface area (Å²) < 4.78 is 0. The van der Waals surface area contributed by atoms with Gasteiger partial charge in [0.15, 0.2) is 0 Å². The van der Waals surface area contributed by atoms with Crippen molar-refractivity contribution in [3.8, 4) is 0 Å². The van der Waals surface area contributed by atoms with E-state index in [0.29, 0.717) is 0 Å². The predicted octanol–water partition coefficient (Wildman–Crippen LogP) is 2.72. The fraction of sp³-hybridized carbons (Fsp3) is 0.333. The van der Waals surface area contributed by atoms with Gasteiger partial charge in [-0.05, 0) is 36.6 Å². The number of rotatable bonds is 0. The van der Waals surface area contributed by atoms with E-state index in [0.717, 1.165) is 12.2 Å². The van der Waals surface area contributed by atoms with Crippen LogP contribution in [0.1, 0.15) is 22.3 Å². The van der Waals surface area contributed by atoms with Crippen molar-refractivity contribution in [1.29, 1.82) is 0 Å². The molecule has 13 heavy (non-hydrogen) atoms. The molecule has 1 heterocycles. The topological polar surface area (TPSA) is 3.24 Å². The summed E-state index contributed by atoms with van der Waals surface area (Å²) in [6, 6.07) is 4.52. The molecule has 1 aliphatic rings. The molecule has 0 bridgehead atoms. The van der Waals surface area contributed by atoms with Gasteiger partial charge in [0.05, 0.1) is 0 Å². The zero-order chi connectivity index (χ0) is 9.59. The van der Waals surface area contributed by atoms with E-state index < -0.39 is 0 Å². The summed E-state index contributed by atoms with van der Waals surface area (Å²) in [4.78, 5) is 2.20. The maximum absolute atomic E-state index is 4.07. The van der Waals surface area contributed by atoms with E-state index in [1.54, 1.807) is 0 Å². The number of nitrogens with zero attached hydrogens (tertiary/aromatic N) is 1. The molecule has 0 fully saturated rings. The van der Waals surface area contributed by atoms with Crippen LogP contribution in [0.15, 0.2) is 18.7 Å². The fourth-order valence-corrected chi connectivity index (χ4v) is 1.83. The number of aryl methyl sites for hydroxylation is 2. The van der Waals surface area contributed by atoms with Gasteiger partial charge in [-0.3, -0.25) is 0 Å². The highest BCUT2D eigenvalue weighted by molar-refractivity contribution is 5.69. The van der Waals surface area contributed by atoms with Gasteiger partial charge in [0.1, 0.15) is 0 Å². The van der Waals surface area contributed by atoms with E-state index in [4.69, 9.17) is 0 Å². The Balaban J connectivity index is 2.59. The Morgan fingerprint density at radius 1 is 1.23 bits per heavy atom. The zero-order valence-corrected chi connectivity index (χ0v) is 8.52. The maximum atomic E-state index is 4.07. The Morgan fingerprint density at radius 3 is 2.54 bits per heavy atom. The molecule has 0 spiro atoms. The molecule has 68 valence electrons. The summed E-state index contributed by atoms with van der Waals surface area (Å²) in [6.45, 7) is 9.40. The molecule has 0 N–H and O–H groups in total. The minimum Gasteiger partial charge on any atom is -0.370 e. The summed E-state index contributed by atoms with van der Waals surface area (Å²) in [6.07, 6.45) is 0. The van der Waals surface area contributed by atoms with Crippen molar-refractivity contribution >= 4 is 5.70 Å². The largest absolute Gasteiger partial charge is 0.370 e. The highest BCUT2D eigenvalue weighted by atomic mass is 15.1. The van der Waals surface area contributed by atoms with Crippen LogP contribution in [0.3, 0.4) is 0 Å². The van der Waals surface area contributed by atoms with E-state index in [-0.39, 0.29) is 0 Å². The lowest BCUT2D eigenvalue weighted by Gasteiger charge is -2.10. The van der Waals surface area contributed by atoms with Gasteiger partial charge in [0, 0.05) is 24.9 Å². The third kappa shape index (κ3) is 1.15. The number of fused-ring (bicyclic) bond motifs is 1. The zero-order valence-electron chi connectivity index (χ0n) is 8.52. The highest BCUT2D eigenvalue weighted by Gasteiger charge is 2.19. The Labute approximate surface area is 79.7 Å². The van der Waals surface area contributed by atoms with Gasteiger partial charge >= 0.3 is 0 Å². The van der Waals surface area contributed by atoms with Crippen molar-refractivity contribution in [2.45, 2.75) is 20.4 Å². The van der Waals surface area contributed by atoms with E-state index >= 15 is 0 Å². The van der Waals surface area contributed by atoms with Gasteiger partial charge in [-0.1, -0.05) is 12.6 Å². The molecule has 1 heteroatoms. The van der Waals surface area contributed by atoms with Crippen LogP contribution in [-0.2, 0) is 6.54 Å². The molecule has 0 aromatic heterocycles. The van der Waals surface area contributed by atoms with Crippen LogP contribution in [0, 0.1) is 13.8 Å². The van der Waals surface area contributed by atoms with Crippen molar-refractivity contribution in [3.05, 3.63) is 41.0 Å². The molecular formula is C12H15N. The second-order valence-electron chi connectivity index (χ2n) is 3.90. The molecule has 0 aliphatic carbocycles. The van der Waals surface area contributed by atoms with Gasteiger partial charge in [0.25, 0.3) is 0 Å². The van der Waals surface area contributed by atoms with Crippen molar-refractivity contribution in [2.75, 3.05) is 7.05 Å². The first kappa shape index (κ1) is 8.36. The molecule has 0 saturated heterocycles. The number of hydrogen-bond donors (Lipinski definition) is 0. The first-order valence-electron chi connectivity index (χ1n) is 4.60. The molecule has 0 amide bonds. The smallest absolute Gasteiger partial charge is 0.0433 e. The van der Waals surface area contributed by atoms with Crippen LogP contribution in [0.25, 0.3) is 5.70 Å². The second kappa shape index (κ2) is 2.63. The van der Waals surface area contributed by atoms with Gasteiger partial charge in [0.2, 0.25) is 0 Å². The molecule has 2 rings (SSSR count). The summed E-state index contributed by atoms with van der Waals surface area (Å²) in [5, 5.41) is 0. The Bertz CT molecular complexity index is 377. The van der Waals surface area contributed by atoms with Crippen LogP contribution in [0.2, 0.25) is 0 Å². The lowest BCUT2D eigenvalue weighted by molar-refractivity contribution is 0.501.